The zero-order chi connectivity index (χ0) is 20.5. The number of amides is 2. The fourth-order valence-electron chi connectivity index (χ4n) is 2.10. The normalized spacial score (nSPS) is 10.1. The first-order chi connectivity index (χ1) is 13.4. The first kappa shape index (κ1) is 21.5. The third-order valence-corrected chi connectivity index (χ3v) is 4.24. The summed E-state index contributed by atoms with van der Waals surface area (Å²) in [6.45, 7) is -0.473. The number of halogens is 2. The van der Waals surface area contributed by atoms with Gasteiger partial charge in [0.25, 0.3) is 5.91 Å². The van der Waals surface area contributed by atoms with Gasteiger partial charge in [0.05, 0.1) is 23.6 Å². The molecule has 0 bridgehead atoms. The van der Waals surface area contributed by atoms with Crippen LogP contribution < -0.4 is 15.4 Å². The average molecular weight is 425 g/mol. The summed E-state index contributed by atoms with van der Waals surface area (Å²) in [7, 11) is 1.55. The minimum atomic E-state index is -0.658. The topological polar surface area (TPSA) is 93.7 Å². The van der Waals surface area contributed by atoms with E-state index in [1.165, 1.54) is 12.1 Å². The fraction of sp³-hybridized carbons (Fsp3) is 0.211. The smallest absolute Gasteiger partial charge is 0.306 e. The minimum Gasteiger partial charge on any atom is -0.497 e. The van der Waals surface area contributed by atoms with Gasteiger partial charge in [-0.05, 0) is 42.5 Å². The molecule has 0 spiro atoms. The molecule has 0 heterocycles. The molecule has 0 aliphatic rings. The second-order valence-electron chi connectivity index (χ2n) is 5.61. The second kappa shape index (κ2) is 10.5. The van der Waals surface area contributed by atoms with Crippen molar-refractivity contribution in [3.8, 4) is 5.75 Å². The second-order valence-corrected chi connectivity index (χ2v) is 6.43. The number of ether oxygens (including phenoxy) is 2. The van der Waals surface area contributed by atoms with E-state index in [0.29, 0.717) is 27.2 Å². The van der Waals surface area contributed by atoms with Crippen LogP contribution in [0.25, 0.3) is 0 Å². The van der Waals surface area contributed by atoms with Crippen molar-refractivity contribution in [2.24, 2.45) is 0 Å². The number of hydrogen-bond donors (Lipinski definition) is 2. The summed E-state index contributed by atoms with van der Waals surface area (Å²) < 4.78 is 9.88. The first-order valence-corrected chi connectivity index (χ1v) is 8.97. The van der Waals surface area contributed by atoms with E-state index >= 15 is 0 Å². The van der Waals surface area contributed by atoms with Gasteiger partial charge in [0, 0.05) is 17.8 Å². The van der Waals surface area contributed by atoms with Gasteiger partial charge in [-0.1, -0.05) is 23.2 Å². The van der Waals surface area contributed by atoms with E-state index in [-0.39, 0.29) is 18.7 Å². The first-order valence-electron chi connectivity index (χ1n) is 8.22. The molecule has 2 aromatic rings. The van der Waals surface area contributed by atoms with Gasteiger partial charge >= 0.3 is 5.97 Å². The van der Waals surface area contributed by atoms with E-state index in [2.05, 4.69) is 10.6 Å². The van der Waals surface area contributed by atoms with Crippen molar-refractivity contribution in [2.75, 3.05) is 24.4 Å². The summed E-state index contributed by atoms with van der Waals surface area (Å²) in [5.41, 5.74) is 1.01. The number of rotatable bonds is 8. The third kappa shape index (κ3) is 7.09. The number of anilines is 2. The molecule has 2 amide bonds. The standard InChI is InChI=1S/C19H18Cl2N2O5/c1-27-14-5-2-12(3-6-14)22-17(24)8-9-19(26)28-11-18(25)23-13-4-7-15(20)16(21)10-13/h2-7,10H,8-9,11H2,1H3,(H,22,24)(H,23,25). The summed E-state index contributed by atoms with van der Waals surface area (Å²) >= 11 is 11.6. The Kier molecular flexibility index (Phi) is 8.10. The van der Waals surface area contributed by atoms with E-state index in [4.69, 9.17) is 32.7 Å². The SMILES string of the molecule is COc1ccc(NC(=O)CCC(=O)OCC(=O)Nc2ccc(Cl)c(Cl)c2)cc1. The number of nitrogens with one attached hydrogen (secondary N) is 2. The van der Waals surface area contributed by atoms with Gasteiger partial charge in [-0.25, -0.2) is 0 Å². The van der Waals surface area contributed by atoms with Crippen molar-refractivity contribution in [1.82, 2.24) is 0 Å². The van der Waals surface area contributed by atoms with E-state index in [1.807, 2.05) is 0 Å². The van der Waals surface area contributed by atoms with Crippen LogP contribution in [0.1, 0.15) is 12.8 Å². The molecule has 0 unspecified atom stereocenters. The van der Waals surface area contributed by atoms with Crippen LogP contribution in [0.3, 0.4) is 0 Å². The predicted molar refractivity (Wildman–Crippen MR) is 107 cm³/mol. The Morgan fingerprint density at radius 1 is 0.857 bits per heavy atom. The Labute approximate surface area is 171 Å². The predicted octanol–water partition coefficient (Wildman–Crippen LogP) is 3.90. The van der Waals surface area contributed by atoms with Crippen molar-refractivity contribution < 1.29 is 23.9 Å². The van der Waals surface area contributed by atoms with Crippen molar-refractivity contribution in [1.29, 1.82) is 0 Å². The highest BCUT2D eigenvalue weighted by Gasteiger charge is 2.11. The lowest BCUT2D eigenvalue weighted by Gasteiger charge is -2.08. The highest BCUT2D eigenvalue weighted by Crippen LogP contribution is 2.24. The zero-order valence-corrected chi connectivity index (χ0v) is 16.5. The Balaban J connectivity index is 1.69. The quantitative estimate of drug-likeness (QED) is 0.626. The molecule has 2 N–H and O–H groups in total. The van der Waals surface area contributed by atoms with Crippen LogP contribution in [0.2, 0.25) is 10.0 Å². The molecule has 0 atom stereocenters. The maximum absolute atomic E-state index is 11.9. The van der Waals surface area contributed by atoms with Gasteiger partial charge in [0.1, 0.15) is 5.75 Å². The molecule has 148 valence electrons. The Morgan fingerprint density at radius 2 is 1.50 bits per heavy atom. The van der Waals surface area contributed by atoms with Gasteiger partial charge in [0.15, 0.2) is 6.61 Å². The maximum atomic E-state index is 11.9. The van der Waals surface area contributed by atoms with E-state index < -0.39 is 18.5 Å². The molecule has 2 rings (SSSR count). The molecule has 28 heavy (non-hydrogen) atoms. The van der Waals surface area contributed by atoms with Crippen LogP contribution in [0.5, 0.6) is 5.75 Å². The van der Waals surface area contributed by atoms with Crippen molar-refractivity contribution in [3.63, 3.8) is 0 Å². The highest BCUT2D eigenvalue weighted by atomic mass is 35.5. The zero-order valence-electron chi connectivity index (χ0n) is 15.0. The van der Waals surface area contributed by atoms with Gasteiger partial charge in [-0.2, -0.15) is 0 Å². The third-order valence-electron chi connectivity index (χ3n) is 3.50. The molecule has 0 aliphatic carbocycles. The molecule has 0 saturated heterocycles. The fourth-order valence-corrected chi connectivity index (χ4v) is 2.40. The average Bonchev–Trinajstić information content (AvgIpc) is 2.68. The summed E-state index contributed by atoms with van der Waals surface area (Å²) in [5, 5.41) is 5.83. The molecule has 0 radical (unpaired) electrons. The van der Waals surface area contributed by atoms with E-state index in [1.54, 1.807) is 37.4 Å². The van der Waals surface area contributed by atoms with Gasteiger partial charge in [0.2, 0.25) is 5.91 Å². The summed E-state index contributed by atoms with van der Waals surface area (Å²) in [5.74, 6) is -0.869. The minimum absolute atomic E-state index is 0.0702. The molecule has 2 aromatic carbocycles. The Hall–Kier alpha value is -2.77. The number of esters is 1. The number of carbonyl (C=O) groups excluding carboxylic acids is 3. The largest absolute Gasteiger partial charge is 0.497 e. The highest BCUT2D eigenvalue weighted by molar-refractivity contribution is 6.42. The number of benzene rings is 2. The summed E-state index contributed by atoms with van der Waals surface area (Å²) in [6.07, 6.45) is -0.221. The number of methoxy groups -OCH3 is 1. The molecular formula is C19H18Cl2N2O5. The van der Waals surface area contributed by atoms with Crippen molar-refractivity contribution in [2.45, 2.75) is 12.8 Å². The summed E-state index contributed by atoms with van der Waals surface area (Å²) in [6, 6.07) is 11.4. The molecule has 0 saturated carbocycles. The lowest BCUT2D eigenvalue weighted by Crippen LogP contribution is -2.21. The van der Waals surface area contributed by atoms with Crippen molar-refractivity contribution in [3.05, 3.63) is 52.5 Å². The van der Waals surface area contributed by atoms with Crippen LogP contribution in [0.4, 0.5) is 11.4 Å². The van der Waals surface area contributed by atoms with Gasteiger partial charge in [-0.3, -0.25) is 14.4 Å². The van der Waals surface area contributed by atoms with Crippen LogP contribution in [-0.4, -0.2) is 31.5 Å². The maximum Gasteiger partial charge on any atom is 0.306 e. The van der Waals surface area contributed by atoms with E-state index in [9.17, 15) is 14.4 Å². The molecule has 0 fully saturated rings. The van der Waals surface area contributed by atoms with E-state index in [0.717, 1.165) is 0 Å². The molecule has 0 aliphatic heterocycles. The molecule has 0 aromatic heterocycles. The lowest BCUT2D eigenvalue weighted by molar-refractivity contribution is -0.147. The van der Waals surface area contributed by atoms with Crippen LogP contribution in [0, 0.1) is 0 Å². The van der Waals surface area contributed by atoms with Gasteiger partial charge < -0.3 is 20.1 Å². The molecule has 7 nitrogen and oxygen atoms in total. The number of carbonyl (C=O) groups is 3. The molecular weight excluding hydrogens is 407 g/mol. The summed E-state index contributed by atoms with van der Waals surface area (Å²) in [4.78, 5) is 35.3. The van der Waals surface area contributed by atoms with Crippen LogP contribution >= 0.6 is 23.2 Å². The van der Waals surface area contributed by atoms with Crippen molar-refractivity contribution >= 4 is 52.4 Å². The monoisotopic (exact) mass is 424 g/mol. The Bertz CT molecular complexity index is 856. The van der Waals surface area contributed by atoms with Crippen LogP contribution in [0.15, 0.2) is 42.5 Å². The Morgan fingerprint density at radius 3 is 2.14 bits per heavy atom. The number of hydrogen-bond acceptors (Lipinski definition) is 5. The van der Waals surface area contributed by atoms with Crippen LogP contribution in [-0.2, 0) is 19.1 Å². The van der Waals surface area contributed by atoms with Gasteiger partial charge in [-0.15, -0.1) is 0 Å². The lowest BCUT2D eigenvalue weighted by atomic mass is 10.2. The molecule has 9 heteroatoms.